The SMILES string of the molecule is COc1ccc(NC(=O)COc2ccccc2CN)cn1. The number of carbonyl (C=O) groups is 1. The average molecular weight is 287 g/mol. The lowest BCUT2D eigenvalue weighted by molar-refractivity contribution is -0.118. The van der Waals surface area contributed by atoms with Crippen molar-refractivity contribution >= 4 is 11.6 Å². The van der Waals surface area contributed by atoms with Crippen molar-refractivity contribution in [3.05, 3.63) is 48.2 Å². The summed E-state index contributed by atoms with van der Waals surface area (Å²) in [5.41, 5.74) is 7.05. The summed E-state index contributed by atoms with van der Waals surface area (Å²) in [6, 6.07) is 10.7. The number of methoxy groups -OCH3 is 1. The van der Waals surface area contributed by atoms with Crippen LogP contribution in [0.2, 0.25) is 0 Å². The smallest absolute Gasteiger partial charge is 0.262 e. The van der Waals surface area contributed by atoms with Gasteiger partial charge in [0.05, 0.1) is 19.0 Å². The normalized spacial score (nSPS) is 10.0. The number of amides is 1. The molecule has 0 saturated heterocycles. The number of hydrogen-bond donors (Lipinski definition) is 2. The van der Waals surface area contributed by atoms with Gasteiger partial charge in [0.1, 0.15) is 5.75 Å². The zero-order valence-corrected chi connectivity index (χ0v) is 11.7. The summed E-state index contributed by atoms with van der Waals surface area (Å²) in [7, 11) is 1.53. The van der Waals surface area contributed by atoms with Crippen molar-refractivity contribution in [1.82, 2.24) is 4.98 Å². The van der Waals surface area contributed by atoms with E-state index in [9.17, 15) is 4.79 Å². The Balaban J connectivity index is 1.89. The number of benzene rings is 1. The van der Waals surface area contributed by atoms with Gasteiger partial charge in [-0.2, -0.15) is 0 Å². The van der Waals surface area contributed by atoms with E-state index in [0.29, 0.717) is 23.9 Å². The maximum Gasteiger partial charge on any atom is 0.262 e. The summed E-state index contributed by atoms with van der Waals surface area (Å²) in [4.78, 5) is 15.8. The fourth-order valence-electron chi connectivity index (χ4n) is 1.73. The zero-order valence-electron chi connectivity index (χ0n) is 11.7. The van der Waals surface area contributed by atoms with Gasteiger partial charge in [0.15, 0.2) is 6.61 Å². The molecule has 2 aromatic rings. The molecular formula is C15H17N3O3. The van der Waals surface area contributed by atoms with E-state index in [0.717, 1.165) is 5.56 Å². The highest BCUT2D eigenvalue weighted by Gasteiger charge is 2.06. The zero-order chi connectivity index (χ0) is 15.1. The molecule has 0 bridgehead atoms. The number of carbonyl (C=O) groups excluding carboxylic acids is 1. The number of pyridine rings is 1. The molecule has 1 amide bonds. The molecule has 0 aliphatic carbocycles. The van der Waals surface area contributed by atoms with Crippen molar-refractivity contribution in [2.75, 3.05) is 19.0 Å². The fourth-order valence-corrected chi connectivity index (χ4v) is 1.73. The summed E-state index contributed by atoms with van der Waals surface area (Å²) in [5.74, 6) is 0.831. The number of nitrogens with zero attached hydrogens (tertiary/aromatic N) is 1. The van der Waals surface area contributed by atoms with Crippen LogP contribution in [0.5, 0.6) is 11.6 Å². The van der Waals surface area contributed by atoms with Crippen LogP contribution in [0.15, 0.2) is 42.6 Å². The van der Waals surface area contributed by atoms with Crippen LogP contribution in [-0.2, 0) is 11.3 Å². The molecule has 0 spiro atoms. The number of ether oxygens (including phenoxy) is 2. The summed E-state index contributed by atoms with van der Waals surface area (Å²) < 4.78 is 10.4. The van der Waals surface area contributed by atoms with Crippen molar-refractivity contribution in [2.24, 2.45) is 5.73 Å². The van der Waals surface area contributed by atoms with E-state index in [-0.39, 0.29) is 12.5 Å². The van der Waals surface area contributed by atoms with E-state index >= 15 is 0 Å². The third-order valence-electron chi connectivity index (χ3n) is 2.78. The number of para-hydroxylation sites is 1. The number of aromatic nitrogens is 1. The molecular weight excluding hydrogens is 270 g/mol. The minimum atomic E-state index is -0.270. The minimum Gasteiger partial charge on any atom is -0.483 e. The van der Waals surface area contributed by atoms with Gasteiger partial charge in [0, 0.05) is 18.2 Å². The molecule has 0 saturated carbocycles. The summed E-state index contributed by atoms with van der Waals surface area (Å²) >= 11 is 0. The van der Waals surface area contributed by atoms with E-state index in [1.165, 1.54) is 13.3 Å². The Bertz CT molecular complexity index is 599. The Labute approximate surface area is 122 Å². The highest BCUT2D eigenvalue weighted by molar-refractivity contribution is 5.91. The molecule has 1 aromatic carbocycles. The molecule has 0 fully saturated rings. The Hall–Kier alpha value is -2.60. The molecule has 2 rings (SSSR count). The molecule has 0 aliphatic heterocycles. The molecule has 6 heteroatoms. The van der Waals surface area contributed by atoms with Gasteiger partial charge in [-0.3, -0.25) is 4.79 Å². The number of rotatable bonds is 6. The van der Waals surface area contributed by atoms with Gasteiger partial charge in [-0.15, -0.1) is 0 Å². The first kappa shape index (κ1) is 14.8. The second kappa shape index (κ2) is 7.25. The van der Waals surface area contributed by atoms with Gasteiger partial charge < -0.3 is 20.5 Å². The largest absolute Gasteiger partial charge is 0.483 e. The molecule has 110 valence electrons. The van der Waals surface area contributed by atoms with Crippen molar-refractivity contribution in [2.45, 2.75) is 6.54 Å². The molecule has 21 heavy (non-hydrogen) atoms. The van der Waals surface area contributed by atoms with E-state index in [2.05, 4.69) is 10.3 Å². The van der Waals surface area contributed by atoms with Crippen LogP contribution >= 0.6 is 0 Å². The van der Waals surface area contributed by atoms with Gasteiger partial charge in [-0.05, 0) is 12.1 Å². The molecule has 0 radical (unpaired) electrons. The molecule has 1 aromatic heterocycles. The maximum absolute atomic E-state index is 11.8. The number of hydrogen-bond acceptors (Lipinski definition) is 5. The van der Waals surface area contributed by atoms with E-state index in [4.69, 9.17) is 15.2 Å². The van der Waals surface area contributed by atoms with Crippen LogP contribution in [0.1, 0.15) is 5.56 Å². The number of nitrogens with two attached hydrogens (primary N) is 1. The summed E-state index contributed by atoms with van der Waals surface area (Å²) in [6.07, 6.45) is 1.52. The third-order valence-corrected chi connectivity index (χ3v) is 2.78. The van der Waals surface area contributed by atoms with Crippen molar-refractivity contribution < 1.29 is 14.3 Å². The summed E-state index contributed by atoms with van der Waals surface area (Å²) in [6.45, 7) is 0.267. The lowest BCUT2D eigenvalue weighted by Gasteiger charge is -2.10. The van der Waals surface area contributed by atoms with Crippen molar-refractivity contribution in [3.8, 4) is 11.6 Å². The van der Waals surface area contributed by atoms with Crippen LogP contribution in [0.3, 0.4) is 0 Å². The molecule has 0 atom stereocenters. The Kier molecular flexibility index (Phi) is 5.11. The number of anilines is 1. The third kappa shape index (κ3) is 4.19. The van der Waals surface area contributed by atoms with E-state index in [1.54, 1.807) is 18.2 Å². The molecule has 0 aliphatic rings. The Morgan fingerprint density at radius 3 is 2.76 bits per heavy atom. The van der Waals surface area contributed by atoms with Crippen LogP contribution < -0.4 is 20.5 Å². The monoisotopic (exact) mass is 287 g/mol. The lowest BCUT2D eigenvalue weighted by atomic mass is 10.2. The van der Waals surface area contributed by atoms with Crippen LogP contribution in [-0.4, -0.2) is 24.6 Å². The average Bonchev–Trinajstić information content (AvgIpc) is 2.54. The van der Waals surface area contributed by atoms with E-state index < -0.39 is 0 Å². The quantitative estimate of drug-likeness (QED) is 0.842. The van der Waals surface area contributed by atoms with Gasteiger partial charge in [-0.25, -0.2) is 4.98 Å². The summed E-state index contributed by atoms with van der Waals surface area (Å²) in [5, 5.41) is 2.69. The second-order valence-corrected chi connectivity index (χ2v) is 4.24. The highest BCUT2D eigenvalue weighted by Crippen LogP contribution is 2.17. The van der Waals surface area contributed by atoms with Gasteiger partial charge >= 0.3 is 0 Å². The standard InChI is InChI=1S/C15H17N3O3/c1-20-15-7-6-12(9-17-15)18-14(19)10-21-13-5-3-2-4-11(13)8-16/h2-7,9H,8,10,16H2,1H3,(H,18,19). The van der Waals surface area contributed by atoms with E-state index in [1.807, 2.05) is 18.2 Å². The first-order valence-corrected chi connectivity index (χ1v) is 6.43. The second-order valence-electron chi connectivity index (χ2n) is 4.24. The van der Waals surface area contributed by atoms with Gasteiger partial charge in [0.2, 0.25) is 5.88 Å². The van der Waals surface area contributed by atoms with Crippen LogP contribution in [0.25, 0.3) is 0 Å². The number of nitrogens with one attached hydrogen (secondary N) is 1. The molecule has 6 nitrogen and oxygen atoms in total. The Morgan fingerprint density at radius 2 is 2.10 bits per heavy atom. The fraction of sp³-hybridized carbons (Fsp3) is 0.200. The topological polar surface area (TPSA) is 86.5 Å². The predicted molar refractivity (Wildman–Crippen MR) is 79.2 cm³/mol. The van der Waals surface area contributed by atoms with Crippen LogP contribution in [0.4, 0.5) is 5.69 Å². The van der Waals surface area contributed by atoms with Crippen LogP contribution in [0, 0.1) is 0 Å². The lowest BCUT2D eigenvalue weighted by Crippen LogP contribution is -2.20. The van der Waals surface area contributed by atoms with Gasteiger partial charge in [-0.1, -0.05) is 18.2 Å². The molecule has 3 N–H and O–H groups in total. The molecule has 1 heterocycles. The van der Waals surface area contributed by atoms with Gasteiger partial charge in [0.25, 0.3) is 5.91 Å². The molecule has 0 unspecified atom stereocenters. The Morgan fingerprint density at radius 1 is 1.29 bits per heavy atom. The highest BCUT2D eigenvalue weighted by atomic mass is 16.5. The first-order valence-electron chi connectivity index (χ1n) is 6.43. The maximum atomic E-state index is 11.8. The predicted octanol–water partition coefficient (Wildman–Crippen LogP) is 1.57. The van der Waals surface area contributed by atoms with Crippen molar-refractivity contribution in [3.63, 3.8) is 0 Å². The first-order chi connectivity index (χ1) is 10.2. The van der Waals surface area contributed by atoms with Crippen molar-refractivity contribution in [1.29, 1.82) is 0 Å². The minimum absolute atomic E-state index is 0.0942.